The van der Waals surface area contributed by atoms with Crippen LogP contribution < -0.4 is 10.6 Å². The number of carboxylic acids is 1. The number of aliphatic hydroxyl groups is 1. The Morgan fingerprint density at radius 2 is 2.00 bits per heavy atom. The molecular weight excluding hydrogens is 200 g/mol. The maximum Gasteiger partial charge on any atom is 0.328 e. The van der Waals surface area contributed by atoms with Crippen LogP contribution >= 0.6 is 0 Å². The highest BCUT2D eigenvalue weighted by Gasteiger charge is 2.24. The molecule has 0 saturated heterocycles. The normalized spacial score (nSPS) is 14.3. The molecule has 0 rings (SSSR count). The Kier molecular flexibility index (Phi) is 6.64. The molecule has 0 radical (unpaired) electrons. The predicted octanol–water partition coefficient (Wildman–Crippen LogP) is -1.06. The first-order chi connectivity index (χ1) is 6.99. The second kappa shape index (κ2) is 7.19. The standard InChI is InChI=1S/C9H18N2O4/c1-6(12)8(9(14)15)11-7(13)4-3-5-10-2/h6,8,10,12H,3-5H2,1-2H3,(H,11,13)(H,14,15). The quantitative estimate of drug-likeness (QED) is 0.408. The van der Waals surface area contributed by atoms with E-state index in [-0.39, 0.29) is 12.3 Å². The number of nitrogens with one attached hydrogen (secondary N) is 2. The first kappa shape index (κ1) is 13.9. The average molecular weight is 218 g/mol. The van der Waals surface area contributed by atoms with Gasteiger partial charge < -0.3 is 20.8 Å². The zero-order chi connectivity index (χ0) is 11.8. The van der Waals surface area contributed by atoms with Gasteiger partial charge in [0.05, 0.1) is 6.10 Å². The number of carboxylic acid groups (broad SMARTS) is 1. The summed E-state index contributed by atoms with van der Waals surface area (Å²) in [6.07, 6.45) is -0.220. The zero-order valence-corrected chi connectivity index (χ0v) is 8.99. The van der Waals surface area contributed by atoms with Crippen molar-refractivity contribution in [3.8, 4) is 0 Å². The lowest BCUT2D eigenvalue weighted by molar-refractivity contribution is -0.144. The van der Waals surface area contributed by atoms with Crippen molar-refractivity contribution in [2.45, 2.75) is 31.9 Å². The number of carbonyl (C=O) groups is 2. The Labute approximate surface area is 88.7 Å². The number of hydrogen-bond donors (Lipinski definition) is 4. The Morgan fingerprint density at radius 3 is 2.40 bits per heavy atom. The van der Waals surface area contributed by atoms with Crippen molar-refractivity contribution in [1.29, 1.82) is 0 Å². The van der Waals surface area contributed by atoms with Gasteiger partial charge in [-0.15, -0.1) is 0 Å². The summed E-state index contributed by atoms with van der Waals surface area (Å²) in [5.41, 5.74) is 0. The fraction of sp³-hybridized carbons (Fsp3) is 0.778. The number of rotatable bonds is 7. The monoisotopic (exact) mass is 218 g/mol. The smallest absolute Gasteiger partial charge is 0.328 e. The van der Waals surface area contributed by atoms with Crippen LogP contribution in [0.1, 0.15) is 19.8 Å². The third-order valence-electron chi connectivity index (χ3n) is 1.90. The summed E-state index contributed by atoms with van der Waals surface area (Å²) in [5.74, 6) is -1.59. The highest BCUT2D eigenvalue weighted by Crippen LogP contribution is 1.95. The molecule has 15 heavy (non-hydrogen) atoms. The molecule has 0 aromatic heterocycles. The average Bonchev–Trinajstić information content (AvgIpc) is 2.13. The molecule has 0 aliphatic carbocycles. The van der Waals surface area contributed by atoms with Gasteiger partial charge in [-0.3, -0.25) is 4.79 Å². The molecule has 2 unspecified atom stereocenters. The molecule has 0 bridgehead atoms. The van der Waals surface area contributed by atoms with Crippen molar-refractivity contribution in [2.24, 2.45) is 0 Å². The molecule has 0 aromatic carbocycles. The molecular formula is C9H18N2O4. The van der Waals surface area contributed by atoms with E-state index in [0.29, 0.717) is 13.0 Å². The van der Waals surface area contributed by atoms with Crippen LogP contribution in [0.2, 0.25) is 0 Å². The topological polar surface area (TPSA) is 98.7 Å². The molecule has 0 aliphatic rings. The van der Waals surface area contributed by atoms with Gasteiger partial charge >= 0.3 is 5.97 Å². The Balaban J connectivity index is 3.95. The molecule has 6 nitrogen and oxygen atoms in total. The van der Waals surface area contributed by atoms with Crippen molar-refractivity contribution in [3.63, 3.8) is 0 Å². The maximum absolute atomic E-state index is 11.2. The van der Waals surface area contributed by atoms with Crippen LogP contribution in [0.5, 0.6) is 0 Å². The predicted molar refractivity (Wildman–Crippen MR) is 54.4 cm³/mol. The highest BCUT2D eigenvalue weighted by atomic mass is 16.4. The third kappa shape index (κ3) is 6.03. The minimum atomic E-state index is -1.23. The summed E-state index contributed by atoms with van der Waals surface area (Å²) in [6, 6.07) is -1.23. The molecule has 0 fully saturated rings. The van der Waals surface area contributed by atoms with Gasteiger partial charge in [0, 0.05) is 6.42 Å². The van der Waals surface area contributed by atoms with E-state index in [9.17, 15) is 9.59 Å². The second-order valence-corrected chi connectivity index (χ2v) is 3.33. The molecule has 1 amide bonds. The lowest BCUT2D eigenvalue weighted by Gasteiger charge is -2.16. The number of aliphatic hydroxyl groups excluding tert-OH is 1. The molecule has 88 valence electrons. The first-order valence-electron chi connectivity index (χ1n) is 4.84. The van der Waals surface area contributed by atoms with Gasteiger partial charge in [0.15, 0.2) is 6.04 Å². The molecule has 6 heteroatoms. The molecule has 0 heterocycles. The van der Waals surface area contributed by atoms with E-state index in [1.54, 1.807) is 7.05 Å². The summed E-state index contributed by atoms with van der Waals surface area (Å²) in [7, 11) is 1.77. The fourth-order valence-electron chi connectivity index (χ4n) is 1.06. The van der Waals surface area contributed by atoms with Gasteiger partial charge in [-0.2, -0.15) is 0 Å². The number of aliphatic carboxylic acids is 1. The summed E-state index contributed by atoms with van der Waals surface area (Å²) in [5, 5.41) is 22.9. The van der Waals surface area contributed by atoms with Gasteiger partial charge in [0.25, 0.3) is 0 Å². The van der Waals surface area contributed by atoms with Gasteiger partial charge in [-0.1, -0.05) is 0 Å². The van der Waals surface area contributed by atoms with Crippen LogP contribution in [0, 0.1) is 0 Å². The van der Waals surface area contributed by atoms with Crippen LogP contribution in [0.15, 0.2) is 0 Å². The molecule has 0 aromatic rings. The zero-order valence-electron chi connectivity index (χ0n) is 8.99. The van der Waals surface area contributed by atoms with Crippen molar-refractivity contribution >= 4 is 11.9 Å². The third-order valence-corrected chi connectivity index (χ3v) is 1.90. The van der Waals surface area contributed by atoms with Crippen LogP contribution in [0.25, 0.3) is 0 Å². The highest BCUT2D eigenvalue weighted by molar-refractivity contribution is 5.83. The van der Waals surface area contributed by atoms with E-state index in [1.807, 2.05) is 0 Å². The minimum Gasteiger partial charge on any atom is -0.480 e. The van der Waals surface area contributed by atoms with E-state index < -0.39 is 18.1 Å². The number of amides is 1. The molecule has 0 spiro atoms. The molecule has 4 N–H and O–H groups in total. The van der Waals surface area contributed by atoms with E-state index in [4.69, 9.17) is 10.2 Å². The minimum absolute atomic E-state index is 0.247. The van der Waals surface area contributed by atoms with Gasteiger partial charge in [-0.05, 0) is 26.9 Å². The van der Waals surface area contributed by atoms with Gasteiger partial charge in [0.2, 0.25) is 5.91 Å². The SMILES string of the molecule is CNCCCC(=O)NC(C(=O)O)C(C)O. The van der Waals surface area contributed by atoms with Crippen molar-refractivity contribution < 1.29 is 19.8 Å². The van der Waals surface area contributed by atoms with E-state index in [1.165, 1.54) is 6.92 Å². The van der Waals surface area contributed by atoms with Crippen LogP contribution in [-0.4, -0.2) is 47.8 Å². The molecule has 0 aliphatic heterocycles. The summed E-state index contributed by atoms with van der Waals surface area (Å²) in [6.45, 7) is 2.02. The van der Waals surface area contributed by atoms with Gasteiger partial charge in [0.1, 0.15) is 0 Å². The summed E-state index contributed by atoms with van der Waals surface area (Å²) in [4.78, 5) is 21.8. The molecule has 2 atom stereocenters. The maximum atomic E-state index is 11.2. The van der Waals surface area contributed by atoms with E-state index >= 15 is 0 Å². The van der Waals surface area contributed by atoms with Crippen LogP contribution in [0.3, 0.4) is 0 Å². The van der Waals surface area contributed by atoms with Gasteiger partial charge in [-0.25, -0.2) is 4.79 Å². The number of hydrogen-bond acceptors (Lipinski definition) is 4. The second-order valence-electron chi connectivity index (χ2n) is 3.33. The van der Waals surface area contributed by atoms with Crippen molar-refractivity contribution in [2.75, 3.05) is 13.6 Å². The van der Waals surface area contributed by atoms with Crippen LogP contribution in [0.4, 0.5) is 0 Å². The largest absolute Gasteiger partial charge is 0.480 e. The number of carbonyl (C=O) groups excluding carboxylic acids is 1. The van der Waals surface area contributed by atoms with Crippen LogP contribution in [-0.2, 0) is 9.59 Å². The van der Waals surface area contributed by atoms with E-state index in [2.05, 4.69) is 10.6 Å². The van der Waals surface area contributed by atoms with Crippen molar-refractivity contribution in [1.82, 2.24) is 10.6 Å². The van der Waals surface area contributed by atoms with Crippen molar-refractivity contribution in [3.05, 3.63) is 0 Å². The van der Waals surface area contributed by atoms with E-state index in [0.717, 1.165) is 0 Å². The molecule has 0 saturated carbocycles. The summed E-state index contributed by atoms with van der Waals surface area (Å²) < 4.78 is 0. The lowest BCUT2D eigenvalue weighted by Crippen LogP contribution is -2.47. The Hall–Kier alpha value is -1.14. The lowest BCUT2D eigenvalue weighted by atomic mass is 10.1. The Morgan fingerprint density at radius 1 is 1.40 bits per heavy atom. The fourth-order valence-corrected chi connectivity index (χ4v) is 1.06. The Bertz CT molecular complexity index is 218. The summed E-state index contributed by atoms with van der Waals surface area (Å²) >= 11 is 0. The first-order valence-corrected chi connectivity index (χ1v) is 4.84.